The minimum Gasteiger partial charge on any atom is -0.342 e. The monoisotopic (exact) mass is 351 g/mol. The van der Waals surface area contributed by atoms with E-state index < -0.39 is 0 Å². The summed E-state index contributed by atoms with van der Waals surface area (Å²) in [4.78, 5) is 44.1. The van der Waals surface area contributed by atoms with E-state index in [4.69, 9.17) is 0 Å². The van der Waals surface area contributed by atoms with Gasteiger partial charge in [0.15, 0.2) is 0 Å². The van der Waals surface area contributed by atoms with Crippen LogP contribution in [0, 0.1) is 0 Å². The molecule has 3 rings (SSSR count). The summed E-state index contributed by atoms with van der Waals surface area (Å²) in [6, 6.07) is -0.591. The molecule has 4 amide bonds. The van der Waals surface area contributed by atoms with Gasteiger partial charge in [-0.1, -0.05) is 0 Å². The molecule has 3 fully saturated rings. The van der Waals surface area contributed by atoms with E-state index in [0.717, 1.165) is 52.1 Å². The number of carbonyl (C=O) groups excluding carboxylic acids is 3. The molecule has 0 bridgehead atoms. The van der Waals surface area contributed by atoms with Gasteiger partial charge < -0.3 is 10.2 Å². The van der Waals surface area contributed by atoms with Crippen molar-refractivity contribution in [3.63, 3.8) is 0 Å². The van der Waals surface area contributed by atoms with Crippen molar-refractivity contribution in [3.8, 4) is 0 Å². The van der Waals surface area contributed by atoms with Gasteiger partial charge in [0.1, 0.15) is 0 Å². The highest BCUT2D eigenvalue weighted by molar-refractivity contribution is 5.98. The number of hydrogen-bond acceptors (Lipinski definition) is 5. The van der Waals surface area contributed by atoms with Crippen molar-refractivity contribution in [1.29, 1.82) is 0 Å². The molecule has 3 aliphatic heterocycles. The van der Waals surface area contributed by atoms with Crippen LogP contribution in [0.3, 0.4) is 0 Å². The van der Waals surface area contributed by atoms with Gasteiger partial charge in [0, 0.05) is 52.4 Å². The lowest BCUT2D eigenvalue weighted by Crippen LogP contribution is -2.56. The maximum Gasteiger partial charge on any atom is 0.324 e. The Morgan fingerprint density at radius 1 is 1.00 bits per heavy atom. The number of likely N-dealkylation sites (tertiary alicyclic amines) is 1. The Kier molecular flexibility index (Phi) is 5.90. The Labute approximate surface area is 149 Å². The van der Waals surface area contributed by atoms with Gasteiger partial charge in [0.25, 0.3) is 0 Å². The summed E-state index contributed by atoms with van der Waals surface area (Å²) in [5.74, 6) is 0.0962. The number of piperazine rings is 1. The molecule has 0 aromatic rings. The summed E-state index contributed by atoms with van der Waals surface area (Å²) in [5, 5.41) is 2.67. The molecule has 0 aromatic carbocycles. The van der Waals surface area contributed by atoms with E-state index in [1.54, 1.807) is 0 Å². The first-order chi connectivity index (χ1) is 12.1. The first-order valence-corrected chi connectivity index (χ1v) is 9.39. The Balaban J connectivity index is 1.44. The Bertz CT molecular complexity index is 512. The highest BCUT2D eigenvalue weighted by atomic mass is 16.2. The van der Waals surface area contributed by atoms with Gasteiger partial charge in [-0.25, -0.2) is 4.79 Å². The number of nitrogens with zero attached hydrogens (tertiary/aromatic N) is 4. The predicted octanol–water partition coefficient (Wildman–Crippen LogP) is -0.443. The summed E-state index contributed by atoms with van der Waals surface area (Å²) in [5.41, 5.74) is 0. The quantitative estimate of drug-likeness (QED) is 0.743. The molecule has 1 unspecified atom stereocenters. The molecule has 0 aliphatic carbocycles. The normalized spacial score (nSPS) is 24.3. The molecule has 0 radical (unpaired) electrons. The third-order valence-corrected chi connectivity index (χ3v) is 5.50. The maximum absolute atomic E-state index is 12.5. The molecule has 3 aliphatic rings. The second kappa shape index (κ2) is 8.14. The van der Waals surface area contributed by atoms with E-state index in [1.807, 2.05) is 11.8 Å². The van der Waals surface area contributed by atoms with E-state index in [0.29, 0.717) is 19.6 Å². The summed E-state index contributed by atoms with van der Waals surface area (Å²) in [6.07, 6.45) is 3.45. The zero-order valence-corrected chi connectivity index (χ0v) is 15.1. The van der Waals surface area contributed by atoms with Crippen molar-refractivity contribution >= 4 is 17.8 Å². The van der Waals surface area contributed by atoms with Crippen molar-refractivity contribution in [2.45, 2.75) is 32.2 Å². The average molecular weight is 351 g/mol. The summed E-state index contributed by atoms with van der Waals surface area (Å²) >= 11 is 0. The van der Waals surface area contributed by atoms with Crippen molar-refractivity contribution in [3.05, 3.63) is 0 Å². The number of imide groups is 1. The minimum absolute atomic E-state index is 0.132. The van der Waals surface area contributed by atoms with Crippen LogP contribution in [0.4, 0.5) is 4.79 Å². The van der Waals surface area contributed by atoms with Crippen molar-refractivity contribution in [1.82, 2.24) is 24.9 Å². The Morgan fingerprint density at radius 2 is 1.68 bits per heavy atom. The highest BCUT2D eigenvalue weighted by Gasteiger charge is 2.34. The highest BCUT2D eigenvalue weighted by Crippen LogP contribution is 2.13. The molecule has 1 atom stereocenters. The number of nitrogens with one attached hydrogen (secondary N) is 1. The molecular weight excluding hydrogens is 322 g/mol. The smallest absolute Gasteiger partial charge is 0.324 e. The number of hydrogen-bond donors (Lipinski definition) is 1. The molecule has 8 heteroatoms. The third-order valence-electron chi connectivity index (χ3n) is 5.50. The van der Waals surface area contributed by atoms with Crippen LogP contribution in [0.1, 0.15) is 26.2 Å². The minimum atomic E-state index is -0.302. The van der Waals surface area contributed by atoms with Crippen LogP contribution in [-0.4, -0.2) is 102 Å². The fraction of sp³-hybridized carbons (Fsp3) is 0.824. The topological polar surface area (TPSA) is 76.2 Å². The zero-order valence-electron chi connectivity index (χ0n) is 15.1. The molecule has 0 aromatic heterocycles. The van der Waals surface area contributed by atoms with Crippen molar-refractivity contribution in [2.75, 3.05) is 58.9 Å². The Hall–Kier alpha value is -1.67. The van der Waals surface area contributed by atoms with E-state index in [1.165, 1.54) is 11.3 Å². The number of urea groups is 1. The lowest BCUT2D eigenvalue weighted by atomic mass is 10.1. The maximum atomic E-state index is 12.5. The van der Waals surface area contributed by atoms with Crippen LogP contribution in [0.2, 0.25) is 0 Å². The van der Waals surface area contributed by atoms with Crippen LogP contribution in [0.25, 0.3) is 0 Å². The predicted molar refractivity (Wildman–Crippen MR) is 93.0 cm³/mol. The summed E-state index contributed by atoms with van der Waals surface area (Å²) in [6.45, 7) is 8.16. The number of carbonyl (C=O) groups is 3. The largest absolute Gasteiger partial charge is 0.342 e. The fourth-order valence-corrected chi connectivity index (χ4v) is 3.81. The first kappa shape index (κ1) is 18.1. The van der Waals surface area contributed by atoms with Gasteiger partial charge >= 0.3 is 6.03 Å². The molecule has 140 valence electrons. The van der Waals surface area contributed by atoms with Crippen molar-refractivity contribution in [2.24, 2.45) is 0 Å². The summed E-state index contributed by atoms with van der Waals surface area (Å²) < 4.78 is 0. The lowest BCUT2D eigenvalue weighted by molar-refractivity contribution is -0.136. The number of rotatable bonds is 4. The average Bonchev–Trinajstić information content (AvgIpc) is 3.08. The van der Waals surface area contributed by atoms with E-state index in [-0.39, 0.29) is 23.9 Å². The van der Waals surface area contributed by atoms with Crippen LogP contribution < -0.4 is 5.32 Å². The van der Waals surface area contributed by atoms with Crippen LogP contribution in [0.5, 0.6) is 0 Å². The van der Waals surface area contributed by atoms with E-state index in [9.17, 15) is 14.4 Å². The molecule has 0 saturated carbocycles. The lowest BCUT2D eigenvalue weighted by Gasteiger charge is -2.38. The van der Waals surface area contributed by atoms with Crippen LogP contribution in [0.15, 0.2) is 0 Å². The van der Waals surface area contributed by atoms with Crippen LogP contribution >= 0.6 is 0 Å². The molecule has 1 N–H and O–H groups in total. The second-order valence-corrected chi connectivity index (χ2v) is 7.15. The first-order valence-electron chi connectivity index (χ1n) is 9.39. The van der Waals surface area contributed by atoms with Gasteiger partial charge in [-0.15, -0.1) is 0 Å². The van der Waals surface area contributed by atoms with Gasteiger partial charge in [-0.3, -0.25) is 24.3 Å². The third kappa shape index (κ3) is 4.30. The van der Waals surface area contributed by atoms with Crippen LogP contribution in [-0.2, 0) is 9.59 Å². The van der Waals surface area contributed by atoms with Gasteiger partial charge in [0.2, 0.25) is 11.8 Å². The molecule has 3 saturated heterocycles. The summed E-state index contributed by atoms with van der Waals surface area (Å²) in [7, 11) is 0. The molecule has 8 nitrogen and oxygen atoms in total. The van der Waals surface area contributed by atoms with Gasteiger partial charge in [0.05, 0.1) is 12.6 Å². The second-order valence-electron chi connectivity index (χ2n) is 7.15. The fourth-order valence-electron chi connectivity index (χ4n) is 3.81. The van der Waals surface area contributed by atoms with E-state index in [2.05, 4.69) is 15.1 Å². The zero-order chi connectivity index (χ0) is 17.8. The van der Waals surface area contributed by atoms with Crippen molar-refractivity contribution < 1.29 is 14.4 Å². The van der Waals surface area contributed by atoms with Gasteiger partial charge in [-0.05, 0) is 26.2 Å². The van der Waals surface area contributed by atoms with E-state index >= 15 is 0 Å². The Morgan fingerprint density at radius 3 is 2.28 bits per heavy atom. The van der Waals surface area contributed by atoms with Gasteiger partial charge in [-0.2, -0.15) is 0 Å². The molecule has 3 heterocycles. The molecule has 0 spiro atoms. The number of piperidine rings is 1. The molecule has 25 heavy (non-hydrogen) atoms. The SMILES string of the molecule is CC(C(=O)N1CCNC1=O)N1CCN(CC(=O)N2CCCCC2)CC1. The molecular formula is C17H29N5O3. The standard InChI is InChI=1S/C17H29N5O3/c1-14(16(24)22-8-5-18-17(22)25)20-11-9-19(10-12-20)13-15(23)21-6-3-2-4-7-21/h14H,2-13H2,1H3,(H,18,25). The number of amides is 4.